The third kappa shape index (κ3) is 2.45. The lowest BCUT2D eigenvalue weighted by atomic mass is 10.3. The van der Waals surface area contributed by atoms with E-state index in [9.17, 15) is 0 Å². The summed E-state index contributed by atoms with van der Waals surface area (Å²) in [6, 6.07) is 17.2. The van der Waals surface area contributed by atoms with Crippen LogP contribution < -0.4 is 16.4 Å². The highest BCUT2D eigenvalue weighted by Gasteiger charge is 2.21. The van der Waals surface area contributed by atoms with E-state index in [1.54, 1.807) is 4.90 Å². The van der Waals surface area contributed by atoms with E-state index in [1.807, 2.05) is 54.6 Å². The van der Waals surface area contributed by atoms with E-state index in [-0.39, 0.29) is 17.8 Å². The molecule has 0 aliphatic heterocycles. The second-order valence-corrected chi connectivity index (χ2v) is 4.99. The van der Waals surface area contributed by atoms with Crippen LogP contribution in [0.25, 0.3) is 11.1 Å². The van der Waals surface area contributed by atoms with Crippen LogP contribution in [0.5, 0.6) is 0 Å². The number of nitrogen functional groups attached to an aromatic ring is 2. The summed E-state index contributed by atoms with van der Waals surface area (Å²) in [5, 5.41) is 0. The monoisotopic (exact) mass is 319 g/mol. The van der Waals surface area contributed by atoms with Crippen molar-refractivity contribution in [2.45, 2.75) is 0 Å². The Hall–Kier alpha value is -3.68. The third-order valence-electron chi connectivity index (χ3n) is 3.35. The summed E-state index contributed by atoms with van der Waals surface area (Å²) < 4.78 is 5.85. The Kier molecular flexibility index (Phi) is 3.20. The molecule has 0 saturated heterocycles. The number of benzene rings is 2. The fourth-order valence-electron chi connectivity index (χ4n) is 2.34. The molecule has 0 atom stereocenters. The topological polar surface area (TPSA) is 120 Å². The van der Waals surface area contributed by atoms with Gasteiger partial charge in [-0.2, -0.15) is 19.9 Å². The lowest BCUT2D eigenvalue weighted by Crippen LogP contribution is -2.16. The van der Waals surface area contributed by atoms with Gasteiger partial charge >= 0.3 is 6.01 Å². The van der Waals surface area contributed by atoms with Crippen molar-refractivity contribution in [3.63, 3.8) is 0 Å². The van der Waals surface area contributed by atoms with Crippen molar-refractivity contribution in [2.24, 2.45) is 0 Å². The zero-order valence-electron chi connectivity index (χ0n) is 12.5. The summed E-state index contributed by atoms with van der Waals surface area (Å²) in [6.07, 6.45) is 0. The highest BCUT2D eigenvalue weighted by molar-refractivity contribution is 5.78. The minimum Gasteiger partial charge on any atom is -0.423 e. The fourth-order valence-corrected chi connectivity index (χ4v) is 2.34. The van der Waals surface area contributed by atoms with E-state index in [0.29, 0.717) is 11.6 Å². The van der Waals surface area contributed by atoms with Crippen molar-refractivity contribution in [2.75, 3.05) is 16.4 Å². The van der Waals surface area contributed by atoms with Crippen LogP contribution in [0, 0.1) is 0 Å². The highest BCUT2D eigenvalue weighted by Crippen LogP contribution is 2.33. The zero-order chi connectivity index (χ0) is 16.5. The first-order valence-electron chi connectivity index (χ1n) is 7.18. The maximum absolute atomic E-state index is 5.85. The molecule has 8 nitrogen and oxygen atoms in total. The summed E-state index contributed by atoms with van der Waals surface area (Å²) in [7, 11) is 0. The predicted octanol–water partition coefficient (Wildman–Crippen LogP) is 2.65. The molecule has 0 radical (unpaired) electrons. The van der Waals surface area contributed by atoms with Crippen LogP contribution in [0.1, 0.15) is 0 Å². The van der Waals surface area contributed by atoms with Gasteiger partial charge in [-0.05, 0) is 24.3 Å². The molecular weight excluding hydrogens is 306 g/mol. The Bertz CT molecular complexity index is 946. The number of oxazole rings is 1. The molecule has 2 aromatic carbocycles. The number of rotatable bonds is 3. The first-order chi connectivity index (χ1) is 11.7. The van der Waals surface area contributed by atoms with Gasteiger partial charge in [-0.15, -0.1) is 0 Å². The zero-order valence-corrected chi connectivity index (χ0v) is 12.5. The molecule has 0 aliphatic rings. The summed E-state index contributed by atoms with van der Waals surface area (Å²) >= 11 is 0. The van der Waals surface area contributed by atoms with Gasteiger partial charge in [0.05, 0.1) is 5.69 Å². The molecule has 0 bridgehead atoms. The molecule has 0 unspecified atom stereocenters. The summed E-state index contributed by atoms with van der Waals surface area (Å²) in [4.78, 5) is 18.3. The summed E-state index contributed by atoms with van der Waals surface area (Å²) in [5.74, 6) is 0.279. The van der Waals surface area contributed by atoms with Gasteiger partial charge in [0.15, 0.2) is 5.58 Å². The molecule has 4 aromatic rings. The molecule has 0 aliphatic carbocycles. The molecule has 0 spiro atoms. The molecule has 0 amide bonds. The Morgan fingerprint density at radius 3 is 2.12 bits per heavy atom. The Labute approximate surface area is 136 Å². The minimum atomic E-state index is 0.0227. The number of nitrogens with zero attached hydrogens (tertiary/aromatic N) is 5. The van der Waals surface area contributed by atoms with Crippen LogP contribution in [-0.2, 0) is 0 Å². The molecule has 118 valence electrons. The van der Waals surface area contributed by atoms with E-state index in [2.05, 4.69) is 19.9 Å². The standard InChI is InChI=1S/C16H13N7O/c17-13-20-14(18)22-15(21-13)23(10-6-2-1-3-7-10)16-19-11-8-4-5-9-12(11)24-16/h1-9H,(H4,17,18,20,21,22). The van der Waals surface area contributed by atoms with E-state index in [1.165, 1.54) is 0 Å². The average Bonchev–Trinajstić information content (AvgIpc) is 2.98. The van der Waals surface area contributed by atoms with E-state index in [0.717, 1.165) is 11.2 Å². The van der Waals surface area contributed by atoms with Gasteiger partial charge in [0, 0.05) is 0 Å². The maximum atomic E-state index is 5.85. The summed E-state index contributed by atoms with van der Waals surface area (Å²) in [5.41, 5.74) is 13.6. The Morgan fingerprint density at radius 1 is 0.750 bits per heavy atom. The van der Waals surface area contributed by atoms with Crippen LogP contribution in [0.4, 0.5) is 29.5 Å². The second-order valence-electron chi connectivity index (χ2n) is 4.99. The van der Waals surface area contributed by atoms with Gasteiger partial charge in [-0.1, -0.05) is 30.3 Å². The molecule has 24 heavy (non-hydrogen) atoms. The lowest BCUT2D eigenvalue weighted by Gasteiger charge is -2.18. The van der Waals surface area contributed by atoms with Crippen molar-refractivity contribution in [3.05, 3.63) is 54.6 Å². The van der Waals surface area contributed by atoms with Gasteiger partial charge in [0.1, 0.15) is 5.52 Å². The fraction of sp³-hybridized carbons (Fsp3) is 0. The second kappa shape index (κ2) is 5.51. The van der Waals surface area contributed by atoms with Gasteiger partial charge < -0.3 is 15.9 Å². The maximum Gasteiger partial charge on any atom is 0.310 e. The highest BCUT2D eigenvalue weighted by atomic mass is 16.4. The molecule has 4 N–H and O–H groups in total. The van der Waals surface area contributed by atoms with Gasteiger partial charge in [-0.25, -0.2) is 4.90 Å². The van der Waals surface area contributed by atoms with Crippen LogP contribution in [-0.4, -0.2) is 19.9 Å². The summed E-state index contributed by atoms with van der Waals surface area (Å²) in [6.45, 7) is 0. The lowest BCUT2D eigenvalue weighted by molar-refractivity contribution is 0.605. The number of nitrogens with two attached hydrogens (primary N) is 2. The SMILES string of the molecule is Nc1nc(N)nc(N(c2ccccc2)c2nc3ccccc3o2)n1. The van der Waals surface area contributed by atoms with Gasteiger partial charge in [0.2, 0.25) is 17.8 Å². The minimum absolute atomic E-state index is 0.0227. The smallest absolute Gasteiger partial charge is 0.310 e. The molecular formula is C16H13N7O. The number of hydrogen-bond donors (Lipinski definition) is 2. The Morgan fingerprint density at radius 2 is 1.42 bits per heavy atom. The van der Waals surface area contributed by atoms with E-state index in [4.69, 9.17) is 15.9 Å². The van der Waals surface area contributed by atoms with Crippen LogP contribution in [0.3, 0.4) is 0 Å². The number of hydrogen-bond acceptors (Lipinski definition) is 8. The number of para-hydroxylation sites is 3. The van der Waals surface area contributed by atoms with Crippen molar-refractivity contribution < 1.29 is 4.42 Å². The van der Waals surface area contributed by atoms with Crippen LogP contribution >= 0.6 is 0 Å². The molecule has 8 heteroatoms. The van der Waals surface area contributed by atoms with Crippen molar-refractivity contribution in [3.8, 4) is 0 Å². The Balaban J connectivity index is 1.93. The molecule has 2 heterocycles. The van der Waals surface area contributed by atoms with Crippen LogP contribution in [0.2, 0.25) is 0 Å². The number of anilines is 5. The van der Waals surface area contributed by atoms with E-state index < -0.39 is 0 Å². The average molecular weight is 319 g/mol. The van der Waals surface area contributed by atoms with Crippen LogP contribution in [0.15, 0.2) is 59.0 Å². The normalized spacial score (nSPS) is 10.8. The van der Waals surface area contributed by atoms with E-state index >= 15 is 0 Å². The van der Waals surface area contributed by atoms with Gasteiger partial charge in [-0.3, -0.25) is 0 Å². The number of aromatic nitrogens is 4. The first-order valence-corrected chi connectivity index (χ1v) is 7.18. The van der Waals surface area contributed by atoms with Crippen molar-refractivity contribution in [1.82, 2.24) is 19.9 Å². The predicted molar refractivity (Wildman–Crippen MR) is 90.9 cm³/mol. The molecule has 2 aromatic heterocycles. The first kappa shape index (κ1) is 13.9. The molecule has 4 rings (SSSR count). The van der Waals surface area contributed by atoms with Gasteiger partial charge in [0.25, 0.3) is 0 Å². The molecule has 0 saturated carbocycles. The quantitative estimate of drug-likeness (QED) is 0.591. The van der Waals surface area contributed by atoms with Crippen molar-refractivity contribution >= 4 is 40.6 Å². The third-order valence-corrected chi connectivity index (χ3v) is 3.35. The van der Waals surface area contributed by atoms with Crippen molar-refractivity contribution in [1.29, 1.82) is 0 Å². The largest absolute Gasteiger partial charge is 0.423 e. The number of fused-ring (bicyclic) bond motifs is 1. The molecule has 0 fully saturated rings.